The third-order valence-corrected chi connectivity index (χ3v) is 0.143. The maximum atomic E-state index is 10.3. The molecular weight excluding hydrogens is 199 g/mol. The summed E-state index contributed by atoms with van der Waals surface area (Å²) >= 11 is 0. The molecule has 0 atom stereocenters. The molecule has 0 fully saturated rings. The van der Waals surface area contributed by atoms with E-state index in [-0.39, 0.29) is 0 Å². The molecule has 0 unspecified atom stereocenters. The molecule has 0 bridgehead atoms. The number of rotatable bonds is 0. The Morgan fingerprint density at radius 2 is 1.09 bits per heavy atom. The van der Waals surface area contributed by atoms with Gasteiger partial charge in [-0.2, -0.15) is 26.0 Å². The highest BCUT2D eigenvalue weighted by molar-refractivity contribution is 7.80. The molecule has 68 valence electrons. The summed E-state index contributed by atoms with van der Waals surface area (Å²) in [5, 5.41) is 0. The van der Waals surface area contributed by atoms with E-state index >= 15 is 0 Å². The van der Waals surface area contributed by atoms with Crippen molar-refractivity contribution in [3.05, 3.63) is 12.2 Å². The molecule has 11 heavy (non-hydrogen) atoms. The van der Waals surface area contributed by atoms with Gasteiger partial charge in [0, 0.05) is 0 Å². The average molecular weight is 200 g/mol. The predicted octanol–water partition coefficient (Wildman–Crippen LogP) is 1.75. The Morgan fingerprint density at radius 1 is 1.00 bits per heavy atom. The lowest BCUT2D eigenvalue weighted by molar-refractivity contribution is 0.308. The van der Waals surface area contributed by atoms with Crippen LogP contribution in [0.1, 0.15) is 0 Å². The van der Waals surface area contributed by atoms with Crippen molar-refractivity contribution in [2.75, 3.05) is 0 Å². The number of hydrogen-bond donors (Lipinski definition) is 1. The minimum atomic E-state index is -5.17. The van der Waals surface area contributed by atoms with E-state index in [1.54, 1.807) is 0 Å². The fourth-order valence-electron chi connectivity index (χ4n) is 0. The summed E-state index contributed by atoms with van der Waals surface area (Å²) in [7, 11) is -5.17. The summed E-state index contributed by atoms with van der Waals surface area (Å²) in [5.74, 6) is 0. The Hall–Kier alpha value is -0.700. The largest absolute Gasteiger partial charge is 0.435 e. The van der Waals surface area contributed by atoms with Crippen molar-refractivity contribution in [1.29, 1.82) is 0 Å². The zero-order chi connectivity index (χ0) is 9.65. The van der Waals surface area contributed by atoms with E-state index in [1.807, 2.05) is 0 Å². The third kappa shape index (κ3) is 45.5. The van der Waals surface area contributed by atoms with Crippen LogP contribution in [0.3, 0.4) is 0 Å². The van der Waals surface area contributed by atoms with Crippen molar-refractivity contribution in [3.8, 4) is 0 Å². The molecule has 0 aliphatic heterocycles. The average Bonchev–Trinajstić information content (AvgIpc) is 1.59. The monoisotopic (exact) mass is 200 g/mol. The van der Waals surface area contributed by atoms with Crippen molar-refractivity contribution >= 4 is 10.5 Å². The van der Waals surface area contributed by atoms with Gasteiger partial charge < -0.3 is 0 Å². The molecular formula is C2HF5O3S. The standard InChI is InChI=1S/C2F4.FHO3S/c3-1(4)2(5)6;1-5(2,3)4/h;(H,2,3,4). The van der Waals surface area contributed by atoms with E-state index in [9.17, 15) is 21.4 Å². The first kappa shape index (κ1) is 12.9. The van der Waals surface area contributed by atoms with E-state index in [0.29, 0.717) is 0 Å². The fraction of sp³-hybridized carbons (Fsp3) is 0. The SMILES string of the molecule is FC(F)=C(F)F.O=S(=O)(O)F. The van der Waals surface area contributed by atoms with Gasteiger partial charge in [-0.15, -0.1) is 0 Å². The molecule has 0 saturated carbocycles. The Kier molecular flexibility index (Phi) is 5.90. The minimum absolute atomic E-state index is 2.91. The van der Waals surface area contributed by atoms with E-state index < -0.39 is 22.7 Å². The maximum absolute atomic E-state index is 10.3. The van der Waals surface area contributed by atoms with Crippen LogP contribution in [-0.2, 0) is 10.5 Å². The molecule has 0 rings (SSSR count). The Morgan fingerprint density at radius 3 is 1.09 bits per heavy atom. The Labute approximate surface area is 58.2 Å². The zero-order valence-corrected chi connectivity index (χ0v) is 5.38. The molecule has 0 aliphatic carbocycles. The lowest BCUT2D eigenvalue weighted by atomic mass is 11.1. The molecule has 0 aromatic carbocycles. The maximum Gasteiger partial charge on any atom is 0.435 e. The van der Waals surface area contributed by atoms with Crippen LogP contribution in [0.25, 0.3) is 0 Å². The smallest absolute Gasteiger partial charge is 0.260 e. The second-order valence-electron chi connectivity index (χ2n) is 0.933. The second-order valence-corrected chi connectivity index (χ2v) is 1.76. The molecule has 0 radical (unpaired) electrons. The first-order chi connectivity index (χ1) is 4.64. The van der Waals surface area contributed by atoms with E-state index in [0.717, 1.165) is 0 Å². The molecule has 1 N–H and O–H groups in total. The van der Waals surface area contributed by atoms with Crippen LogP contribution >= 0.6 is 0 Å². The van der Waals surface area contributed by atoms with Gasteiger partial charge in [0.2, 0.25) is 0 Å². The van der Waals surface area contributed by atoms with Crippen LogP contribution in [0.5, 0.6) is 0 Å². The Bertz CT molecular complexity index is 204. The van der Waals surface area contributed by atoms with Gasteiger partial charge in [-0.1, -0.05) is 3.89 Å². The van der Waals surface area contributed by atoms with Gasteiger partial charge in [0.05, 0.1) is 0 Å². The second kappa shape index (κ2) is 5.02. The molecule has 0 aromatic rings. The Balaban J connectivity index is 0. The van der Waals surface area contributed by atoms with E-state index in [2.05, 4.69) is 0 Å². The van der Waals surface area contributed by atoms with E-state index in [1.165, 1.54) is 0 Å². The molecule has 0 spiro atoms. The van der Waals surface area contributed by atoms with Crippen molar-refractivity contribution in [3.63, 3.8) is 0 Å². The van der Waals surface area contributed by atoms with Crippen LogP contribution in [0.15, 0.2) is 12.2 Å². The molecule has 0 amide bonds. The van der Waals surface area contributed by atoms with Crippen LogP contribution in [0.4, 0.5) is 21.4 Å². The molecule has 9 heteroatoms. The summed E-state index contributed by atoms with van der Waals surface area (Å²) in [6.07, 6.45) is -5.81. The lowest BCUT2D eigenvalue weighted by Gasteiger charge is -1.69. The van der Waals surface area contributed by atoms with Crippen molar-refractivity contribution in [2.24, 2.45) is 0 Å². The van der Waals surface area contributed by atoms with Crippen LogP contribution in [0, 0.1) is 0 Å². The summed E-state index contributed by atoms with van der Waals surface area (Å²) < 4.78 is 75.2. The fourth-order valence-corrected chi connectivity index (χ4v) is 0. The summed E-state index contributed by atoms with van der Waals surface area (Å²) in [6.45, 7) is 0. The summed E-state index contributed by atoms with van der Waals surface area (Å²) in [5.41, 5.74) is 0. The van der Waals surface area contributed by atoms with Gasteiger partial charge in [-0.05, 0) is 0 Å². The third-order valence-electron chi connectivity index (χ3n) is 0.143. The molecule has 3 nitrogen and oxygen atoms in total. The zero-order valence-electron chi connectivity index (χ0n) is 4.56. The van der Waals surface area contributed by atoms with Crippen LogP contribution < -0.4 is 0 Å². The highest BCUT2D eigenvalue weighted by Gasteiger charge is 1.98. The topological polar surface area (TPSA) is 54.4 Å². The first-order valence-corrected chi connectivity index (χ1v) is 3.02. The van der Waals surface area contributed by atoms with Crippen LogP contribution in [-0.4, -0.2) is 13.0 Å². The molecule has 0 aromatic heterocycles. The highest BCUT2D eigenvalue weighted by Crippen LogP contribution is 2.08. The molecule has 0 heterocycles. The van der Waals surface area contributed by atoms with Gasteiger partial charge in [0.15, 0.2) is 0 Å². The van der Waals surface area contributed by atoms with Gasteiger partial charge in [-0.3, -0.25) is 4.55 Å². The van der Waals surface area contributed by atoms with Crippen LogP contribution in [0.2, 0.25) is 0 Å². The van der Waals surface area contributed by atoms with Gasteiger partial charge in [-0.25, -0.2) is 0 Å². The molecule has 0 saturated heterocycles. The first-order valence-electron chi connectivity index (χ1n) is 1.68. The lowest BCUT2D eigenvalue weighted by Crippen LogP contribution is -1.80. The number of halogens is 5. The molecule has 0 aliphatic rings. The van der Waals surface area contributed by atoms with Crippen molar-refractivity contribution in [1.82, 2.24) is 0 Å². The van der Waals surface area contributed by atoms with Crippen molar-refractivity contribution < 1.29 is 34.4 Å². The highest BCUT2D eigenvalue weighted by atomic mass is 32.3. The van der Waals surface area contributed by atoms with Gasteiger partial charge in [0.25, 0.3) is 0 Å². The summed E-state index contributed by atoms with van der Waals surface area (Å²) in [6, 6.07) is 0. The minimum Gasteiger partial charge on any atom is -0.260 e. The van der Waals surface area contributed by atoms with Gasteiger partial charge >= 0.3 is 22.7 Å². The quantitative estimate of drug-likeness (QED) is 0.368. The van der Waals surface area contributed by atoms with Crippen molar-refractivity contribution in [2.45, 2.75) is 0 Å². The van der Waals surface area contributed by atoms with E-state index in [4.69, 9.17) is 13.0 Å². The van der Waals surface area contributed by atoms with Gasteiger partial charge in [0.1, 0.15) is 0 Å². The normalized spacial score (nSPS) is 9.64. The number of hydrogen-bond acceptors (Lipinski definition) is 2. The predicted molar refractivity (Wildman–Crippen MR) is 24.1 cm³/mol. The summed E-state index contributed by atoms with van der Waals surface area (Å²) in [4.78, 5) is 0.